The van der Waals surface area contributed by atoms with Crippen molar-refractivity contribution in [1.82, 2.24) is 14.5 Å². The molecule has 0 aliphatic carbocycles. The van der Waals surface area contributed by atoms with Gasteiger partial charge < -0.3 is 15.0 Å². The quantitative estimate of drug-likeness (QED) is 0.645. The Balaban J connectivity index is 4.12. The standard InChI is InChI=1S/C11H25N3O4S/c1-5-18-11(15)12-7-10-14(19(4,16)17)9-6-8-13(2)3/h5-10H2,1-4H3,(H,12,15). The van der Waals surface area contributed by atoms with Gasteiger partial charge in [0, 0.05) is 19.6 Å². The van der Waals surface area contributed by atoms with Crippen LogP contribution in [-0.4, -0.2) is 76.9 Å². The van der Waals surface area contributed by atoms with Crippen LogP contribution in [0.3, 0.4) is 0 Å². The van der Waals surface area contributed by atoms with Gasteiger partial charge in [0.2, 0.25) is 10.0 Å². The minimum atomic E-state index is -3.25. The highest BCUT2D eigenvalue weighted by Crippen LogP contribution is 1.99. The maximum atomic E-state index is 11.6. The lowest BCUT2D eigenvalue weighted by molar-refractivity contribution is 0.151. The second-order valence-corrected chi connectivity index (χ2v) is 6.45. The predicted octanol–water partition coefficient (Wildman–Crippen LogP) is -0.0542. The third-order valence-corrected chi connectivity index (χ3v) is 3.69. The van der Waals surface area contributed by atoms with Crippen LogP contribution < -0.4 is 5.32 Å². The summed E-state index contributed by atoms with van der Waals surface area (Å²) in [4.78, 5) is 13.1. The average molecular weight is 295 g/mol. The summed E-state index contributed by atoms with van der Waals surface area (Å²) >= 11 is 0. The molecule has 114 valence electrons. The number of rotatable bonds is 9. The molecule has 0 aliphatic rings. The summed E-state index contributed by atoms with van der Waals surface area (Å²) < 4.78 is 29.2. The van der Waals surface area contributed by atoms with Crippen molar-refractivity contribution in [2.45, 2.75) is 13.3 Å². The number of hydrogen-bond donors (Lipinski definition) is 1. The van der Waals surface area contributed by atoms with Crippen molar-refractivity contribution in [2.75, 3.05) is 53.1 Å². The van der Waals surface area contributed by atoms with E-state index in [1.54, 1.807) is 6.92 Å². The zero-order valence-electron chi connectivity index (χ0n) is 12.2. The van der Waals surface area contributed by atoms with Crippen LogP contribution in [0, 0.1) is 0 Å². The van der Waals surface area contributed by atoms with Gasteiger partial charge >= 0.3 is 6.09 Å². The fourth-order valence-electron chi connectivity index (χ4n) is 1.47. The molecular formula is C11H25N3O4S. The first-order valence-electron chi connectivity index (χ1n) is 6.27. The number of ether oxygens (including phenoxy) is 1. The molecule has 0 heterocycles. The maximum absolute atomic E-state index is 11.6. The molecule has 19 heavy (non-hydrogen) atoms. The zero-order valence-corrected chi connectivity index (χ0v) is 13.0. The van der Waals surface area contributed by atoms with Crippen LogP contribution in [0.4, 0.5) is 4.79 Å². The fraction of sp³-hybridized carbons (Fsp3) is 0.909. The second-order valence-electron chi connectivity index (χ2n) is 4.47. The molecule has 0 fully saturated rings. The molecule has 0 aromatic carbocycles. The highest BCUT2D eigenvalue weighted by molar-refractivity contribution is 7.88. The van der Waals surface area contributed by atoms with Gasteiger partial charge in [-0.25, -0.2) is 17.5 Å². The van der Waals surface area contributed by atoms with Gasteiger partial charge in [-0.15, -0.1) is 0 Å². The molecule has 0 bridgehead atoms. The first kappa shape index (κ1) is 18.1. The summed E-state index contributed by atoms with van der Waals surface area (Å²) in [7, 11) is 0.625. The van der Waals surface area contributed by atoms with Gasteiger partial charge in [0.25, 0.3) is 0 Å². The third kappa shape index (κ3) is 9.69. The zero-order chi connectivity index (χ0) is 14.9. The van der Waals surface area contributed by atoms with E-state index < -0.39 is 16.1 Å². The minimum absolute atomic E-state index is 0.244. The first-order chi connectivity index (χ1) is 8.77. The van der Waals surface area contributed by atoms with E-state index in [4.69, 9.17) is 4.74 Å². The number of alkyl carbamates (subject to hydrolysis) is 1. The summed E-state index contributed by atoms with van der Waals surface area (Å²) in [5.41, 5.74) is 0. The molecule has 1 amide bonds. The number of carbonyl (C=O) groups excluding carboxylic acids is 1. The Morgan fingerprint density at radius 1 is 1.21 bits per heavy atom. The molecule has 1 N–H and O–H groups in total. The number of hydrogen-bond acceptors (Lipinski definition) is 5. The first-order valence-corrected chi connectivity index (χ1v) is 8.12. The summed E-state index contributed by atoms with van der Waals surface area (Å²) in [6, 6.07) is 0. The topological polar surface area (TPSA) is 79.0 Å². The Bertz CT molecular complexity index is 357. The lowest BCUT2D eigenvalue weighted by Crippen LogP contribution is -2.39. The van der Waals surface area contributed by atoms with E-state index in [1.807, 2.05) is 19.0 Å². The predicted molar refractivity (Wildman–Crippen MR) is 74.6 cm³/mol. The van der Waals surface area contributed by atoms with Gasteiger partial charge in [-0.2, -0.15) is 0 Å². The van der Waals surface area contributed by atoms with Crippen molar-refractivity contribution < 1.29 is 17.9 Å². The van der Waals surface area contributed by atoms with E-state index in [0.29, 0.717) is 13.2 Å². The molecule has 8 heteroatoms. The molecule has 0 saturated carbocycles. The van der Waals surface area contributed by atoms with Gasteiger partial charge in [-0.05, 0) is 34.0 Å². The van der Waals surface area contributed by atoms with Crippen LogP contribution in [0.5, 0.6) is 0 Å². The van der Waals surface area contributed by atoms with Crippen molar-refractivity contribution in [2.24, 2.45) is 0 Å². The lowest BCUT2D eigenvalue weighted by Gasteiger charge is -2.21. The molecule has 7 nitrogen and oxygen atoms in total. The van der Waals surface area contributed by atoms with E-state index in [0.717, 1.165) is 13.0 Å². The third-order valence-electron chi connectivity index (χ3n) is 2.39. The molecule has 0 unspecified atom stereocenters. The summed E-state index contributed by atoms with van der Waals surface area (Å²) in [5.74, 6) is 0. The highest BCUT2D eigenvalue weighted by atomic mass is 32.2. The van der Waals surface area contributed by atoms with Crippen LogP contribution in [0.2, 0.25) is 0 Å². The number of amides is 1. The Morgan fingerprint density at radius 2 is 1.84 bits per heavy atom. The molecule has 0 atom stereocenters. The Morgan fingerprint density at radius 3 is 2.32 bits per heavy atom. The number of carbonyl (C=O) groups is 1. The van der Waals surface area contributed by atoms with Crippen LogP contribution in [-0.2, 0) is 14.8 Å². The van der Waals surface area contributed by atoms with Crippen molar-refractivity contribution >= 4 is 16.1 Å². The second kappa shape index (κ2) is 9.11. The van der Waals surface area contributed by atoms with E-state index in [2.05, 4.69) is 5.32 Å². The summed E-state index contributed by atoms with van der Waals surface area (Å²) in [6.07, 6.45) is 1.40. The van der Waals surface area contributed by atoms with Crippen LogP contribution in [0.15, 0.2) is 0 Å². The molecule has 0 rings (SSSR count). The molecule has 0 aromatic rings. The molecule has 0 spiro atoms. The number of sulfonamides is 1. The van der Waals surface area contributed by atoms with Gasteiger partial charge in [-0.1, -0.05) is 0 Å². The Kier molecular flexibility index (Phi) is 8.70. The number of nitrogens with one attached hydrogen (secondary N) is 1. The average Bonchev–Trinajstić information content (AvgIpc) is 2.25. The molecule has 0 radical (unpaired) electrons. The largest absolute Gasteiger partial charge is 0.450 e. The van der Waals surface area contributed by atoms with E-state index in [-0.39, 0.29) is 13.1 Å². The van der Waals surface area contributed by atoms with Crippen molar-refractivity contribution in [1.29, 1.82) is 0 Å². The van der Waals surface area contributed by atoms with E-state index in [1.165, 1.54) is 10.6 Å². The molecule has 0 aromatic heterocycles. The van der Waals surface area contributed by atoms with Crippen LogP contribution in [0.25, 0.3) is 0 Å². The number of nitrogens with zero attached hydrogens (tertiary/aromatic N) is 2. The van der Waals surface area contributed by atoms with Crippen molar-refractivity contribution in [3.63, 3.8) is 0 Å². The van der Waals surface area contributed by atoms with Gasteiger partial charge in [0.15, 0.2) is 0 Å². The van der Waals surface area contributed by atoms with E-state index >= 15 is 0 Å². The van der Waals surface area contributed by atoms with Gasteiger partial charge in [0.1, 0.15) is 0 Å². The van der Waals surface area contributed by atoms with Crippen molar-refractivity contribution in [3.8, 4) is 0 Å². The SMILES string of the molecule is CCOC(=O)NCCN(CCCN(C)C)S(C)(=O)=O. The highest BCUT2D eigenvalue weighted by Gasteiger charge is 2.16. The van der Waals surface area contributed by atoms with Crippen molar-refractivity contribution in [3.05, 3.63) is 0 Å². The molecule has 0 saturated heterocycles. The fourth-order valence-corrected chi connectivity index (χ4v) is 2.36. The van der Waals surface area contributed by atoms with Crippen LogP contribution in [0.1, 0.15) is 13.3 Å². The minimum Gasteiger partial charge on any atom is -0.450 e. The lowest BCUT2D eigenvalue weighted by atomic mass is 10.4. The monoisotopic (exact) mass is 295 g/mol. The van der Waals surface area contributed by atoms with Gasteiger partial charge in [-0.3, -0.25) is 0 Å². The molecule has 0 aliphatic heterocycles. The molecular weight excluding hydrogens is 270 g/mol. The summed E-state index contributed by atoms with van der Waals surface area (Å²) in [5, 5.41) is 2.51. The normalized spacial score (nSPS) is 11.9. The van der Waals surface area contributed by atoms with Gasteiger partial charge in [0.05, 0.1) is 12.9 Å². The van der Waals surface area contributed by atoms with Crippen LogP contribution >= 0.6 is 0 Å². The van der Waals surface area contributed by atoms with E-state index in [9.17, 15) is 13.2 Å². The summed E-state index contributed by atoms with van der Waals surface area (Å²) in [6.45, 7) is 3.77. The Hall–Kier alpha value is -0.860. The Labute approximate surface area is 115 Å². The smallest absolute Gasteiger partial charge is 0.407 e. The maximum Gasteiger partial charge on any atom is 0.407 e.